The molecule has 1 aromatic rings. The fraction of sp³-hybridized carbons (Fsp3) is 0.250. The highest BCUT2D eigenvalue weighted by molar-refractivity contribution is 5.76. The first-order chi connectivity index (χ1) is 7.00. The van der Waals surface area contributed by atoms with Crippen LogP contribution in [0.5, 0.6) is 11.8 Å². The Morgan fingerprint density at radius 2 is 1.73 bits per heavy atom. The SMILES string of the molecule is O=C(O)CCC(=O)On1c(O)ccc1O. The second-order valence-electron chi connectivity index (χ2n) is 2.70. The number of nitrogens with zero attached hydrogens (tertiary/aromatic N) is 1. The minimum absolute atomic E-state index is 0.341. The molecule has 0 saturated carbocycles. The normalized spacial score (nSPS) is 9.87. The molecular weight excluding hydrogens is 206 g/mol. The van der Waals surface area contributed by atoms with Crippen molar-refractivity contribution in [3.05, 3.63) is 12.1 Å². The molecule has 0 bridgehead atoms. The second kappa shape index (κ2) is 4.36. The summed E-state index contributed by atoms with van der Waals surface area (Å²) in [6, 6.07) is 2.25. The minimum atomic E-state index is -1.13. The van der Waals surface area contributed by atoms with E-state index in [0.29, 0.717) is 4.73 Å². The van der Waals surface area contributed by atoms with Gasteiger partial charge in [-0.2, -0.15) is 0 Å². The standard InChI is InChI=1S/C8H9NO6/c10-5-1-2-6(11)9(5)15-8(14)4-3-7(12)13/h1-2,10-11H,3-4H2,(H,12,13). The molecule has 15 heavy (non-hydrogen) atoms. The molecule has 1 heterocycles. The van der Waals surface area contributed by atoms with Crippen molar-refractivity contribution in [3.8, 4) is 11.8 Å². The summed E-state index contributed by atoms with van der Waals surface area (Å²) in [6.45, 7) is 0. The monoisotopic (exact) mass is 215 g/mol. The molecule has 0 aliphatic carbocycles. The topological polar surface area (TPSA) is 109 Å². The molecule has 1 rings (SSSR count). The smallest absolute Gasteiger partial charge is 0.333 e. The Bertz CT molecular complexity index is 363. The summed E-state index contributed by atoms with van der Waals surface area (Å²) in [5.74, 6) is -2.89. The summed E-state index contributed by atoms with van der Waals surface area (Å²) in [4.78, 5) is 25.6. The maximum absolute atomic E-state index is 11.0. The lowest BCUT2D eigenvalue weighted by Crippen LogP contribution is -2.19. The van der Waals surface area contributed by atoms with Gasteiger partial charge in [0.1, 0.15) is 0 Å². The van der Waals surface area contributed by atoms with Crippen molar-refractivity contribution in [2.24, 2.45) is 0 Å². The van der Waals surface area contributed by atoms with Crippen LogP contribution < -0.4 is 4.84 Å². The van der Waals surface area contributed by atoms with E-state index >= 15 is 0 Å². The van der Waals surface area contributed by atoms with Gasteiger partial charge in [-0.25, -0.2) is 4.79 Å². The maximum Gasteiger partial charge on any atom is 0.333 e. The number of hydrogen-bond donors (Lipinski definition) is 3. The Kier molecular flexibility index (Phi) is 3.17. The number of aromatic nitrogens is 1. The van der Waals surface area contributed by atoms with E-state index in [1.165, 1.54) is 0 Å². The summed E-state index contributed by atoms with van der Waals surface area (Å²) in [5, 5.41) is 26.4. The Balaban J connectivity index is 2.55. The molecule has 1 aromatic heterocycles. The van der Waals surface area contributed by atoms with E-state index in [1.54, 1.807) is 0 Å². The number of carboxylic acid groups (broad SMARTS) is 1. The van der Waals surface area contributed by atoms with Crippen LogP contribution in [-0.2, 0) is 9.59 Å². The van der Waals surface area contributed by atoms with Crippen LogP contribution in [0, 0.1) is 0 Å². The predicted molar refractivity (Wildman–Crippen MR) is 46.2 cm³/mol. The summed E-state index contributed by atoms with van der Waals surface area (Å²) in [7, 11) is 0. The van der Waals surface area contributed by atoms with Crippen molar-refractivity contribution < 1.29 is 29.7 Å². The van der Waals surface area contributed by atoms with E-state index < -0.39 is 23.7 Å². The van der Waals surface area contributed by atoms with Crippen LogP contribution in [0.25, 0.3) is 0 Å². The van der Waals surface area contributed by atoms with Crippen molar-refractivity contribution in [1.29, 1.82) is 0 Å². The van der Waals surface area contributed by atoms with E-state index in [-0.39, 0.29) is 12.8 Å². The summed E-state index contributed by atoms with van der Waals surface area (Å²) in [5.41, 5.74) is 0. The van der Waals surface area contributed by atoms with Gasteiger partial charge in [-0.15, -0.1) is 4.73 Å². The number of hydrogen-bond acceptors (Lipinski definition) is 5. The molecule has 82 valence electrons. The van der Waals surface area contributed by atoms with E-state index in [1.807, 2.05) is 0 Å². The molecule has 3 N–H and O–H groups in total. The molecule has 0 fully saturated rings. The van der Waals surface area contributed by atoms with Gasteiger partial charge < -0.3 is 20.2 Å². The molecule has 0 unspecified atom stereocenters. The first-order valence-electron chi connectivity index (χ1n) is 4.03. The summed E-state index contributed by atoms with van der Waals surface area (Å²) in [6.07, 6.45) is -0.714. The molecule has 0 spiro atoms. The maximum atomic E-state index is 11.0. The number of carbonyl (C=O) groups excluding carboxylic acids is 1. The van der Waals surface area contributed by atoms with Crippen LogP contribution in [0.4, 0.5) is 0 Å². The molecule has 0 aromatic carbocycles. The van der Waals surface area contributed by atoms with Crippen molar-refractivity contribution in [1.82, 2.24) is 4.73 Å². The largest absolute Gasteiger partial charge is 0.492 e. The van der Waals surface area contributed by atoms with Gasteiger partial charge in [0.05, 0.1) is 12.8 Å². The van der Waals surface area contributed by atoms with Gasteiger partial charge in [-0.05, 0) is 0 Å². The zero-order valence-electron chi connectivity index (χ0n) is 7.58. The van der Waals surface area contributed by atoms with E-state index in [2.05, 4.69) is 4.84 Å². The van der Waals surface area contributed by atoms with Crippen LogP contribution in [0.2, 0.25) is 0 Å². The highest BCUT2D eigenvalue weighted by atomic mass is 16.7. The number of carboxylic acids is 1. The van der Waals surface area contributed by atoms with Gasteiger partial charge in [0.25, 0.3) is 0 Å². The Labute approximate surface area is 84.1 Å². The Morgan fingerprint density at radius 1 is 1.20 bits per heavy atom. The molecule has 0 aliphatic rings. The van der Waals surface area contributed by atoms with E-state index in [0.717, 1.165) is 12.1 Å². The quantitative estimate of drug-likeness (QED) is 0.637. The third kappa shape index (κ3) is 2.90. The van der Waals surface area contributed by atoms with E-state index in [4.69, 9.17) is 15.3 Å². The fourth-order valence-corrected chi connectivity index (χ4v) is 0.852. The zero-order valence-corrected chi connectivity index (χ0v) is 7.58. The first-order valence-corrected chi connectivity index (χ1v) is 4.03. The number of carbonyl (C=O) groups is 2. The number of rotatable bonds is 4. The summed E-state index contributed by atoms with van der Waals surface area (Å²) < 4.78 is 0.504. The van der Waals surface area contributed by atoms with Crippen LogP contribution in [-0.4, -0.2) is 32.0 Å². The molecule has 7 heteroatoms. The average molecular weight is 215 g/mol. The molecule has 0 atom stereocenters. The number of aliphatic carboxylic acids is 1. The highest BCUT2D eigenvalue weighted by Crippen LogP contribution is 2.18. The second-order valence-corrected chi connectivity index (χ2v) is 2.70. The van der Waals surface area contributed by atoms with Crippen molar-refractivity contribution in [2.45, 2.75) is 12.8 Å². The predicted octanol–water partition coefficient (Wildman–Crippen LogP) is -0.281. The molecule has 0 radical (unpaired) electrons. The first kappa shape index (κ1) is 10.9. The lowest BCUT2D eigenvalue weighted by atomic mass is 10.3. The third-order valence-corrected chi connectivity index (χ3v) is 1.53. The molecule has 0 aliphatic heterocycles. The highest BCUT2D eigenvalue weighted by Gasteiger charge is 2.13. The van der Waals surface area contributed by atoms with Crippen molar-refractivity contribution >= 4 is 11.9 Å². The van der Waals surface area contributed by atoms with Gasteiger partial charge in [0, 0.05) is 12.1 Å². The fourth-order valence-electron chi connectivity index (χ4n) is 0.852. The molecular formula is C8H9NO6. The summed E-state index contributed by atoms with van der Waals surface area (Å²) >= 11 is 0. The van der Waals surface area contributed by atoms with Gasteiger partial charge in [0.15, 0.2) is 0 Å². The molecule has 7 nitrogen and oxygen atoms in total. The van der Waals surface area contributed by atoms with Gasteiger partial charge in [-0.1, -0.05) is 0 Å². The Morgan fingerprint density at radius 3 is 2.20 bits per heavy atom. The zero-order chi connectivity index (χ0) is 11.4. The lowest BCUT2D eigenvalue weighted by Gasteiger charge is -2.05. The lowest BCUT2D eigenvalue weighted by molar-refractivity contribution is -0.149. The van der Waals surface area contributed by atoms with Crippen molar-refractivity contribution in [3.63, 3.8) is 0 Å². The van der Waals surface area contributed by atoms with Crippen LogP contribution in [0.1, 0.15) is 12.8 Å². The number of aromatic hydroxyl groups is 2. The van der Waals surface area contributed by atoms with Crippen LogP contribution >= 0.6 is 0 Å². The van der Waals surface area contributed by atoms with Gasteiger partial charge in [0.2, 0.25) is 11.8 Å². The van der Waals surface area contributed by atoms with Gasteiger partial charge in [-0.3, -0.25) is 4.79 Å². The average Bonchev–Trinajstić information content (AvgIpc) is 2.46. The third-order valence-electron chi connectivity index (χ3n) is 1.53. The minimum Gasteiger partial charge on any atom is -0.492 e. The molecule has 0 saturated heterocycles. The van der Waals surface area contributed by atoms with Crippen LogP contribution in [0.15, 0.2) is 12.1 Å². The van der Waals surface area contributed by atoms with Gasteiger partial charge >= 0.3 is 11.9 Å². The molecule has 0 amide bonds. The Hall–Kier alpha value is -2.18. The van der Waals surface area contributed by atoms with Crippen LogP contribution in [0.3, 0.4) is 0 Å². The van der Waals surface area contributed by atoms with E-state index in [9.17, 15) is 9.59 Å². The van der Waals surface area contributed by atoms with Crippen molar-refractivity contribution in [2.75, 3.05) is 0 Å².